The van der Waals surface area contributed by atoms with Crippen molar-refractivity contribution in [2.75, 3.05) is 59.3 Å². The number of benzene rings is 1. The molecule has 15 nitrogen and oxygen atoms in total. The molecule has 260 valence electrons. The van der Waals surface area contributed by atoms with Crippen molar-refractivity contribution in [2.45, 2.75) is 65.2 Å². The number of rotatable bonds is 20. The first-order valence-corrected chi connectivity index (χ1v) is 15.2. The Bertz CT molecular complexity index is 1120. The van der Waals surface area contributed by atoms with Gasteiger partial charge in [-0.15, -0.1) is 0 Å². The van der Waals surface area contributed by atoms with Crippen LogP contribution in [0.15, 0.2) is 24.3 Å². The lowest BCUT2D eigenvalue weighted by atomic mass is 10.2. The van der Waals surface area contributed by atoms with Crippen LogP contribution in [0.2, 0.25) is 0 Å². The number of ether oxygens (including phenoxy) is 6. The molecule has 0 unspecified atom stereocenters. The third kappa shape index (κ3) is 19.7. The lowest BCUT2D eigenvalue weighted by Crippen LogP contribution is -2.56. The molecule has 0 bridgehead atoms. The molecule has 0 heterocycles. The minimum Gasteiger partial charge on any atom is -0.491 e. The van der Waals surface area contributed by atoms with Crippen LogP contribution in [0.4, 0.5) is 4.79 Å². The maximum Gasteiger partial charge on any atom is 0.408 e. The number of thiol groups is 1. The second-order valence-corrected chi connectivity index (χ2v) is 11.9. The van der Waals surface area contributed by atoms with Crippen molar-refractivity contribution < 1.29 is 52.4 Å². The van der Waals surface area contributed by atoms with E-state index < -0.39 is 41.1 Å². The van der Waals surface area contributed by atoms with Crippen molar-refractivity contribution in [2.24, 2.45) is 0 Å². The van der Waals surface area contributed by atoms with Gasteiger partial charge in [-0.25, -0.2) is 4.79 Å². The Balaban J connectivity index is 2.28. The number of carbonyl (C=O) groups is 5. The molecular weight excluding hydrogens is 624 g/mol. The molecule has 1 aromatic carbocycles. The molecule has 46 heavy (non-hydrogen) atoms. The second kappa shape index (κ2) is 21.2. The summed E-state index contributed by atoms with van der Waals surface area (Å²) in [7, 11) is 0. The predicted octanol–water partition coefficient (Wildman–Crippen LogP) is 1.55. The number of hydrogen-bond acceptors (Lipinski definition) is 12. The van der Waals surface area contributed by atoms with E-state index in [4.69, 9.17) is 28.4 Å². The van der Waals surface area contributed by atoms with Gasteiger partial charge in [0.05, 0.1) is 46.1 Å². The minimum atomic E-state index is -1.60. The Morgan fingerprint density at radius 2 is 1.28 bits per heavy atom. The fourth-order valence-electron chi connectivity index (χ4n) is 3.36. The van der Waals surface area contributed by atoms with Crippen LogP contribution in [-0.2, 0) is 38.1 Å². The molecule has 0 radical (unpaired) electrons. The molecule has 0 aliphatic rings. The molecule has 0 aromatic heterocycles. The molecule has 1 atom stereocenters. The van der Waals surface area contributed by atoms with Crippen LogP contribution < -0.4 is 25.4 Å². The molecule has 0 saturated carbocycles. The normalized spacial score (nSPS) is 12.0. The maximum atomic E-state index is 12.7. The Morgan fingerprint density at radius 1 is 0.739 bits per heavy atom. The van der Waals surface area contributed by atoms with E-state index in [1.807, 2.05) is 0 Å². The fraction of sp³-hybridized carbons (Fsp3) is 0.633. The number of hydrogen-bond donors (Lipinski definition) is 5. The topological polar surface area (TPSA) is 189 Å². The summed E-state index contributed by atoms with van der Waals surface area (Å²) in [5, 5.41) is 7.25. The Morgan fingerprint density at radius 3 is 1.85 bits per heavy atom. The van der Waals surface area contributed by atoms with Crippen molar-refractivity contribution in [3.63, 3.8) is 0 Å². The van der Waals surface area contributed by atoms with Gasteiger partial charge in [0.1, 0.15) is 23.6 Å². The summed E-state index contributed by atoms with van der Waals surface area (Å²) in [6.07, 6.45) is -1.07. The van der Waals surface area contributed by atoms with Crippen molar-refractivity contribution in [3.8, 4) is 5.75 Å². The highest BCUT2D eigenvalue weighted by molar-refractivity contribution is 7.78. The Labute approximate surface area is 275 Å². The van der Waals surface area contributed by atoms with Gasteiger partial charge in [-0.2, -0.15) is 0 Å². The highest BCUT2D eigenvalue weighted by atomic mass is 32.1. The lowest BCUT2D eigenvalue weighted by Gasteiger charge is -2.23. The van der Waals surface area contributed by atoms with Gasteiger partial charge < -0.3 is 44.4 Å². The number of esters is 1. The summed E-state index contributed by atoms with van der Waals surface area (Å²) in [5.74, 6) is -1.91. The highest BCUT2D eigenvalue weighted by Crippen LogP contribution is 2.13. The first kappa shape index (κ1) is 40.4. The summed E-state index contributed by atoms with van der Waals surface area (Å²) in [6.45, 7) is 12.0. The third-order valence-corrected chi connectivity index (χ3v) is 5.42. The van der Waals surface area contributed by atoms with Gasteiger partial charge in [0.25, 0.3) is 17.7 Å². The lowest BCUT2D eigenvalue weighted by molar-refractivity contribution is -0.154. The first-order chi connectivity index (χ1) is 21.6. The zero-order chi connectivity index (χ0) is 34.6. The van der Waals surface area contributed by atoms with E-state index in [-0.39, 0.29) is 45.2 Å². The van der Waals surface area contributed by atoms with Crippen LogP contribution >= 0.6 is 12.8 Å². The van der Waals surface area contributed by atoms with Crippen LogP contribution in [-0.4, -0.2) is 106 Å². The van der Waals surface area contributed by atoms with Crippen LogP contribution in [0.1, 0.15) is 58.3 Å². The van der Waals surface area contributed by atoms with Gasteiger partial charge in [-0.05, 0) is 59.7 Å². The molecule has 1 rings (SSSR count). The summed E-state index contributed by atoms with van der Waals surface area (Å²) in [5.41, 5.74) is -1.10. The standard InChI is InChI=1S/C30H48N4O11S/c1-29(2,3)44-23(35)10-11-31-26(37)24(33-28(39)45-30(4,5)6)27(38)32-12-13-40-14-15-41-16-17-42-18-19-43-22-9-7-8-21(20-22)25(36)34-46/h7-9,20,24,46H,10-19H2,1-6H3,(H,31,37)(H,32,38)(H,33,39)(H,34,36)/t24-/m1/s1. The van der Waals surface area contributed by atoms with Gasteiger partial charge in [0, 0.05) is 18.7 Å². The van der Waals surface area contributed by atoms with Crippen LogP contribution in [0.3, 0.4) is 0 Å². The van der Waals surface area contributed by atoms with E-state index in [9.17, 15) is 24.0 Å². The summed E-state index contributed by atoms with van der Waals surface area (Å²) < 4.78 is 34.5. The average molecular weight is 673 g/mol. The molecule has 0 saturated heterocycles. The maximum absolute atomic E-state index is 12.7. The van der Waals surface area contributed by atoms with Crippen molar-refractivity contribution in [3.05, 3.63) is 29.8 Å². The van der Waals surface area contributed by atoms with Crippen LogP contribution in [0.5, 0.6) is 5.75 Å². The number of nitrogens with one attached hydrogen (secondary N) is 4. The number of alkyl carbamates (subject to hydrolysis) is 1. The molecule has 0 fully saturated rings. The van der Waals surface area contributed by atoms with Crippen molar-refractivity contribution in [1.82, 2.24) is 20.7 Å². The molecule has 0 aliphatic carbocycles. The van der Waals surface area contributed by atoms with E-state index in [1.165, 1.54) is 0 Å². The van der Waals surface area contributed by atoms with E-state index >= 15 is 0 Å². The Hall–Kier alpha value is -3.60. The van der Waals surface area contributed by atoms with E-state index in [1.54, 1.807) is 65.8 Å². The van der Waals surface area contributed by atoms with E-state index in [2.05, 4.69) is 33.5 Å². The van der Waals surface area contributed by atoms with Crippen LogP contribution in [0, 0.1) is 0 Å². The van der Waals surface area contributed by atoms with E-state index in [0.29, 0.717) is 37.7 Å². The molecule has 1 aromatic rings. The molecule has 0 aliphatic heterocycles. The summed E-state index contributed by atoms with van der Waals surface area (Å²) in [6, 6.07) is 5.09. The fourth-order valence-corrected chi connectivity index (χ4v) is 3.49. The number of carbonyl (C=O) groups excluding carboxylic acids is 5. The zero-order valence-electron chi connectivity index (χ0n) is 27.4. The van der Waals surface area contributed by atoms with Gasteiger partial charge in [-0.3, -0.25) is 23.9 Å². The molecule has 4 amide bonds. The minimum absolute atomic E-state index is 0.0574. The van der Waals surface area contributed by atoms with Gasteiger partial charge >= 0.3 is 12.1 Å². The monoisotopic (exact) mass is 672 g/mol. The van der Waals surface area contributed by atoms with Crippen LogP contribution in [0.25, 0.3) is 0 Å². The summed E-state index contributed by atoms with van der Waals surface area (Å²) in [4.78, 5) is 61.2. The smallest absolute Gasteiger partial charge is 0.408 e. The van der Waals surface area contributed by atoms with Gasteiger partial charge in [-0.1, -0.05) is 18.9 Å². The highest BCUT2D eigenvalue weighted by Gasteiger charge is 2.30. The predicted molar refractivity (Wildman–Crippen MR) is 170 cm³/mol. The Kier molecular flexibility index (Phi) is 18.7. The van der Waals surface area contributed by atoms with E-state index in [0.717, 1.165) is 0 Å². The first-order valence-electron chi connectivity index (χ1n) is 14.8. The van der Waals surface area contributed by atoms with Crippen molar-refractivity contribution in [1.29, 1.82) is 0 Å². The third-order valence-electron chi connectivity index (χ3n) is 5.22. The molecule has 0 spiro atoms. The zero-order valence-corrected chi connectivity index (χ0v) is 28.3. The van der Waals surface area contributed by atoms with Gasteiger partial charge in [0.15, 0.2) is 6.04 Å². The molecule has 4 N–H and O–H groups in total. The average Bonchev–Trinajstić information content (AvgIpc) is 2.95. The SMILES string of the molecule is CC(C)(C)OC(=O)CCNC(=O)[C@@H](NC(=O)OC(C)(C)C)C(=O)NCCOCCOCCOCCOc1cccc(C(=O)NS)c1. The van der Waals surface area contributed by atoms with Gasteiger partial charge in [0.2, 0.25) is 0 Å². The molecule has 16 heteroatoms. The largest absolute Gasteiger partial charge is 0.491 e. The quantitative estimate of drug-likeness (QED) is 0.0585. The van der Waals surface area contributed by atoms with Crippen molar-refractivity contribution >= 4 is 42.6 Å². The molecular formula is C30H48N4O11S. The second-order valence-electron chi connectivity index (χ2n) is 11.7. The number of amides is 4. The summed E-state index contributed by atoms with van der Waals surface area (Å²) >= 11 is 3.74.